The number of hydrogen-bond acceptors (Lipinski definition) is 1. The number of rotatable bonds is 1. The average molecular weight is 112 g/mol. The van der Waals surface area contributed by atoms with Crippen LogP contribution >= 0.6 is 0 Å². The minimum Gasteiger partial charge on any atom is -0.412 e. The van der Waals surface area contributed by atoms with Crippen molar-refractivity contribution in [2.75, 3.05) is 0 Å². The first-order valence-electron chi connectivity index (χ1n) is 2.73. The van der Waals surface area contributed by atoms with E-state index in [9.17, 15) is 0 Å². The van der Waals surface area contributed by atoms with Crippen molar-refractivity contribution >= 4 is 0 Å². The molecule has 2 nitrogen and oxygen atoms in total. The Labute approximate surface area is 48.8 Å². The van der Waals surface area contributed by atoms with Crippen molar-refractivity contribution in [2.24, 2.45) is 0 Å². The van der Waals surface area contributed by atoms with Gasteiger partial charge in [-0.3, -0.25) is 0 Å². The highest BCUT2D eigenvalue weighted by Crippen LogP contribution is 1.88. The summed E-state index contributed by atoms with van der Waals surface area (Å²) in [6, 6.07) is 0.508. The third-order valence-electron chi connectivity index (χ3n) is 1.09. The molecular formula is C6H10NO+. The summed E-state index contributed by atoms with van der Waals surface area (Å²) in [4.78, 5) is 0. The van der Waals surface area contributed by atoms with Crippen LogP contribution in [0.4, 0.5) is 0 Å². The Morgan fingerprint density at radius 3 is 2.50 bits per heavy atom. The highest BCUT2D eigenvalue weighted by atomic mass is 16.3. The topological polar surface area (TPSA) is 17.0 Å². The predicted octanol–water partition coefficient (Wildman–Crippen LogP) is 1.15. The second kappa shape index (κ2) is 1.99. The Hall–Kier alpha value is -0.790. The maximum absolute atomic E-state index is 4.84. The third-order valence-corrected chi connectivity index (χ3v) is 1.09. The first-order valence-corrected chi connectivity index (χ1v) is 2.73. The molecule has 0 aliphatic heterocycles. The number of oxazole rings is 1. The van der Waals surface area contributed by atoms with E-state index >= 15 is 0 Å². The fourth-order valence-corrected chi connectivity index (χ4v) is 0.540. The standard InChI is InChI=1S/C6H10NO/c1-6(2)7-3-4-8-5-7/h3-6H,1-2H3/q+1. The van der Waals surface area contributed by atoms with Gasteiger partial charge in [-0.2, -0.15) is 4.57 Å². The SMILES string of the molecule is CC(C)[n+]1ccoc1. The van der Waals surface area contributed by atoms with Crippen molar-refractivity contribution in [2.45, 2.75) is 19.9 Å². The molecule has 0 N–H and O–H groups in total. The largest absolute Gasteiger partial charge is 0.412 e. The first-order chi connectivity index (χ1) is 3.80. The van der Waals surface area contributed by atoms with E-state index in [0.29, 0.717) is 6.04 Å². The lowest BCUT2D eigenvalue weighted by Gasteiger charge is -1.89. The van der Waals surface area contributed by atoms with Gasteiger partial charge in [-0.25, -0.2) is 0 Å². The van der Waals surface area contributed by atoms with Gasteiger partial charge in [0.2, 0.25) is 6.20 Å². The van der Waals surface area contributed by atoms with Crippen LogP contribution in [0.3, 0.4) is 0 Å². The van der Waals surface area contributed by atoms with Crippen LogP contribution in [0.5, 0.6) is 0 Å². The van der Waals surface area contributed by atoms with Crippen molar-refractivity contribution in [3.8, 4) is 0 Å². The minimum atomic E-state index is 0.508. The van der Waals surface area contributed by atoms with Crippen LogP contribution in [0, 0.1) is 0 Å². The van der Waals surface area contributed by atoms with Gasteiger partial charge >= 0.3 is 6.39 Å². The molecule has 0 spiro atoms. The van der Waals surface area contributed by atoms with Crippen LogP contribution in [0.15, 0.2) is 23.3 Å². The highest BCUT2D eigenvalue weighted by Gasteiger charge is 2.03. The van der Waals surface area contributed by atoms with E-state index in [1.165, 1.54) is 0 Å². The molecule has 0 atom stereocenters. The van der Waals surface area contributed by atoms with Gasteiger partial charge in [0.25, 0.3) is 0 Å². The molecule has 1 aromatic rings. The lowest BCUT2D eigenvalue weighted by atomic mass is 10.4. The summed E-state index contributed by atoms with van der Waals surface area (Å²) in [5.41, 5.74) is 0. The van der Waals surface area contributed by atoms with Crippen LogP contribution in [-0.4, -0.2) is 0 Å². The summed E-state index contributed by atoms with van der Waals surface area (Å²) in [5.74, 6) is 0. The Kier molecular flexibility index (Phi) is 1.33. The Morgan fingerprint density at radius 2 is 2.25 bits per heavy atom. The average Bonchev–Trinajstić information content (AvgIpc) is 2.12. The zero-order valence-electron chi connectivity index (χ0n) is 5.16. The zero-order chi connectivity index (χ0) is 5.98. The molecule has 0 unspecified atom stereocenters. The van der Waals surface area contributed by atoms with Gasteiger partial charge in [0.1, 0.15) is 0 Å². The maximum atomic E-state index is 4.84. The van der Waals surface area contributed by atoms with Crippen molar-refractivity contribution in [1.29, 1.82) is 0 Å². The van der Waals surface area contributed by atoms with Gasteiger partial charge in [0, 0.05) is 0 Å². The fourth-order valence-electron chi connectivity index (χ4n) is 0.540. The lowest BCUT2D eigenvalue weighted by molar-refractivity contribution is -0.718. The van der Waals surface area contributed by atoms with Crippen LogP contribution < -0.4 is 4.57 Å². The molecule has 8 heavy (non-hydrogen) atoms. The summed E-state index contributed by atoms with van der Waals surface area (Å²) in [6.07, 6.45) is 5.27. The molecule has 1 heterocycles. The van der Waals surface area contributed by atoms with Crippen molar-refractivity contribution < 1.29 is 8.98 Å². The highest BCUT2D eigenvalue weighted by molar-refractivity contribution is 4.48. The molecule has 0 fully saturated rings. The second-order valence-electron chi connectivity index (χ2n) is 2.07. The molecule has 0 bridgehead atoms. The predicted molar refractivity (Wildman–Crippen MR) is 29.3 cm³/mol. The smallest absolute Gasteiger partial charge is 0.334 e. The van der Waals surface area contributed by atoms with Crippen LogP contribution in [0.1, 0.15) is 19.9 Å². The van der Waals surface area contributed by atoms with Gasteiger partial charge < -0.3 is 4.42 Å². The van der Waals surface area contributed by atoms with E-state index < -0.39 is 0 Å². The Morgan fingerprint density at radius 1 is 1.50 bits per heavy atom. The molecule has 1 aromatic heterocycles. The van der Waals surface area contributed by atoms with E-state index in [2.05, 4.69) is 13.8 Å². The van der Waals surface area contributed by atoms with E-state index in [1.807, 2.05) is 10.8 Å². The molecule has 1 rings (SSSR count). The molecule has 0 aliphatic rings. The number of nitrogens with zero attached hydrogens (tertiary/aromatic N) is 1. The maximum Gasteiger partial charge on any atom is 0.334 e. The van der Waals surface area contributed by atoms with Crippen LogP contribution in [0.2, 0.25) is 0 Å². The summed E-state index contributed by atoms with van der Waals surface area (Å²) in [5, 5.41) is 0. The molecule has 0 saturated carbocycles. The number of hydrogen-bond donors (Lipinski definition) is 0. The van der Waals surface area contributed by atoms with Gasteiger partial charge in [0.15, 0.2) is 12.3 Å². The van der Waals surface area contributed by atoms with E-state index in [0.717, 1.165) is 0 Å². The van der Waals surface area contributed by atoms with Crippen molar-refractivity contribution in [3.05, 3.63) is 18.9 Å². The third kappa shape index (κ3) is 0.886. The monoisotopic (exact) mass is 112 g/mol. The lowest BCUT2D eigenvalue weighted by Crippen LogP contribution is -2.32. The summed E-state index contributed by atoms with van der Waals surface area (Å²) >= 11 is 0. The molecule has 0 radical (unpaired) electrons. The minimum absolute atomic E-state index is 0.508. The molecule has 0 aromatic carbocycles. The van der Waals surface area contributed by atoms with Gasteiger partial charge in [-0.1, -0.05) is 0 Å². The molecule has 2 heteroatoms. The van der Waals surface area contributed by atoms with Crippen molar-refractivity contribution in [3.63, 3.8) is 0 Å². The Balaban J connectivity index is 2.77. The van der Waals surface area contributed by atoms with Gasteiger partial charge in [-0.15, -0.1) is 0 Å². The number of aromatic nitrogens is 1. The normalized spacial score (nSPS) is 10.4. The molecule has 0 saturated heterocycles. The van der Waals surface area contributed by atoms with Crippen LogP contribution in [0.25, 0.3) is 0 Å². The summed E-state index contributed by atoms with van der Waals surface area (Å²) in [7, 11) is 0. The van der Waals surface area contributed by atoms with Gasteiger partial charge in [0.05, 0.1) is 0 Å². The second-order valence-corrected chi connectivity index (χ2v) is 2.07. The molecule has 0 amide bonds. The molecular weight excluding hydrogens is 102 g/mol. The van der Waals surface area contributed by atoms with Crippen molar-refractivity contribution in [1.82, 2.24) is 0 Å². The van der Waals surface area contributed by atoms with E-state index in [1.54, 1.807) is 12.7 Å². The fraction of sp³-hybridized carbons (Fsp3) is 0.500. The Bertz CT molecular complexity index is 144. The summed E-state index contributed by atoms with van der Waals surface area (Å²) < 4.78 is 6.84. The van der Waals surface area contributed by atoms with E-state index in [-0.39, 0.29) is 0 Å². The molecule has 0 aliphatic carbocycles. The zero-order valence-corrected chi connectivity index (χ0v) is 5.16. The molecule has 44 valence electrons. The van der Waals surface area contributed by atoms with Gasteiger partial charge in [-0.05, 0) is 13.8 Å². The first kappa shape index (κ1) is 5.35. The van der Waals surface area contributed by atoms with Crippen LogP contribution in [-0.2, 0) is 0 Å². The summed E-state index contributed by atoms with van der Waals surface area (Å²) in [6.45, 7) is 4.21. The quantitative estimate of drug-likeness (QED) is 0.498. The van der Waals surface area contributed by atoms with E-state index in [4.69, 9.17) is 4.42 Å².